The van der Waals surface area contributed by atoms with Gasteiger partial charge in [0.1, 0.15) is 7.57 Å². The fourth-order valence-corrected chi connectivity index (χ4v) is 7.58. The molecule has 0 aliphatic heterocycles. The Morgan fingerprint density at radius 3 is 1.75 bits per heavy atom. The lowest BCUT2D eigenvalue weighted by atomic mass is 9.70. The van der Waals surface area contributed by atoms with Crippen molar-refractivity contribution in [3.05, 3.63) is 72.1 Å². The van der Waals surface area contributed by atoms with E-state index in [0.29, 0.717) is 10.8 Å². The minimum Gasteiger partial charge on any atom is -0.0643 e. The summed E-state index contributed by atoms with van der Waals surface area (Å²) in [5.41, 5.74) is 0.810. The van der Waals surface area contributed by atoms with Gasteiger partial charge in [0.15, 0.2) is 0 Å². The van der Waals surface area contributed by atoms with Crippen LogP contribution in [0.3, 0.4) is 0 Å². The second-order valence-electron chi connectivity index (χ2n) is 7.76. The molecule has 0 spiro atoms. The van der Waals surface area contributed by atoms with E-state index in [4.69, 9.17) is 0 Å². The number of hydrogen-bond acceptors (Lipinski definition) is 0. The number of rotatable bonds is 3. The number of benzene rings is 2. The average Bonchev–Trinajstić information content (AvgIpc) is 2.96. The second-order valence-corrected chi connectivity index (χ2v) is 9.94. The Bertz CT molecular complexity index is 739. The van der Waals surface area contributed by atoms with Gasteiger partial charge in [-0.2, -0.15) is 0 Å². The number of fused-ring (bicyclic) bond motifs is 2. The zero-order valence-corrected chi connectivity index (χ0v) is 15.2. The van der Waals surface area contributed by atoms with Crippen molar-refractivity contribution in [3.63, 3.8) is 0 Å². The molecular weight excluding hydrogens is 306 g/mol. The molecule has 1 fully saturated rings. The van der Waals surface area contributed by atoms with Crippen molar-refractivity contribution in [2.75, 3.05) is 0 Å². The lowest BCUT2D eigenvalue weighted by molar-refractivity contribution is 0.178. The maximum Gasteiger partial charge on any atom is 0.143 e. The Hall–Kier alpha value is -1.33. The molecule has 124 valence electrons. The van der Waals surface area contributed by atoms with Crippen molar-refractivity contribution in [1.29, 1.82) is 0 Å². The van der Waals surface area contributed by atoms with Gasteiger partial charge in [0.2, 0.25) is 0 Å². The van der Waals surface area contributed by atoms with Gasteiger partial charge in [-0.05, 0) is 54.5 Å². The van der Waals surface area contributed by atoms with E-state index < -0.39 is 7.14 Å². The lowest BCUT2D eigenvalue weighted by Crippen LogP contribution is -2.35. The van der Waals surface area contributed by atoms with Gasteiger partial charge in [0.25, 0.3) is 0 Å². The molecule has 2 aromatic carbocycles. The maximum atomic E-state index is 2.74. The fourth-order valence-electron chi connectivity index (χ4n) is 4.56. The van der Waals surface area contributed by atoms with E-state index in [1.54, 1.807) is 10.6 Å². The topological polar surface area (TPSA) is 0 Å². The maximum absolute atomic E-state index is 2.74. The van der Waals surface area contributed by atoms with Gasteiger partial charge in [-0.1, -0.05) is 64.3 Å². The summed E-state index contributed by atoms with van der Waals surface area (Å²) in [5, 5.41) is 5.12. The van der Waals surface area contributed by atoms with E-state index in [2.05, 4.69) is 87.5 Å². The van der Waals surface area contributed by atoms with E-state index >= 15 is 0 Å². The summed E-state index contributed by atoms with van der Waals surface area (Å²) in [6.07, 6.45) is 5.50. The summed E-state index contributed by atoms with van der Waals surface area (Å²) in [7, 11) is -1.17. The van der Waals surface area contributed by atoms with Crippen molar-refractivity contribution >= 4 is 25.3 Å². The normalized spacial score (nSPS) is 28.0. The third-order valence-electron chi connectivity index (χ3n) is 6.50. The van der Waals surface area contributed by atoms with Crippen molar-refractivity contribution in [3.8, 4) is 0 Å². The lowest BCUT2D eigenvalue weighted by Gasteiger charge is -2.43. The molecular formula is C22H28BP. The SMILES string of the molecule is [BH3-][P+](C1=C[C@H]2CC[C@]1(C)C2(C)C)(c1ccccc1)c1ccccc1. The zero-order chi connectivity index (χ0) is 17.0. The van der Waals surface area contributed by atoms with Crippen molar-refractivity contribution in [1.82, 2.24) is 0 Å². The summed E-state index contributed by atoms with van der Waals surface area (Å²) >= 11 is 0. The Morgan fingerprint density at radius 2 is 1.38 bits per heavy atom. The fraction of sp³-hybridized carbons (Fsp3) is 0.364. The molecule has 1 saturated carbocycles. The molecule has 0 N–H and O–H groups in total. The summed E-state index contributed by atoms with van der Waals surface area (Å²) in [6, 6.07) is 23.0. The van der Waals surface area contributed by atoms with Gasteiger partial charge in [-0.25, -0.2) is 0 Å². The van der Waals surface area contributed by atoms with Gasteiger partial charge in [0, 0.05) is 10.7 Å². The number of hydrogen-bond donors (Lipinski definition) is 0. The number of allylic oxidation sites excluding steroid dienone is 2. The highest BCUT2D eigenvalue weighted by Gasteiger charge is 2.62. The smallest absolute Gasteiger partial charge is 0.0643 e. The molecule has 0 unspecified atom stereocenters. The van der Waals surface area contributed by atoms with E-state index in [9.17, 15) is 0 Å². The largest absolute Gasteiger partial charge is 0.143 e. The molecule has 0 radical (unpaired) electrons. The van der Waals surface area contributed by atoms with Crippen LogP contribution < -0.4 is 10.6 Å². The van der Waals surface area contributed by atoms with Crippen LogP contribution in [0.4, 0.5) is 0 Å². The first-order chi connectivity index (χ1) is 11.4. The second kappa shape index (κ2) is 5.33. The van der Waals surface area contributed by atoms with Crippen molar-refractivity contribution in [2.45, 2.75) is 33.6 Å². The van der Waals surface area contributed by atoms with Crippen LogP contribution >= 0.6 is 7.14 Å². The molecule has 2 heteroatoms. The minimum absolute atomic E-state index is 0.130. The van der Waals surface area contributed by atoms with Gasteiger partial charge in [-0.15, -0.1) is 0 Å². The molecule has 2 aromatic rings. The van der Waals surface area contributed by atoms with Crippen LogP contribution in [0.1, 0.15) is 33.6 Å². The van der Waals surface area contributed by atoms with E-state index in [0.717, 1.165) is 5.92 Å². The Kier molecular flexibility index (Phi) is 3.59. The average molecular weight is 334 g/mol. The highest BCUT2D eigenvalue weighted by atomic mass is 31.2. The summed E-state index contributed by atoms with van der Waals surface area (Å²) < 4.78 is 0. The van der Waals surface area contributed by atoms with E-state index in [-0.39, 0.29) is 7.57 Å². The zero-order valence-electron chi connectivity index (χ0n) is 14.3. The molecule has 2 atom stereocenters. The van der Waals surface area contributed by atoms with Gasteiger partial charge in [-0.3, -0.25) is 0 Å². The monoisotopic (exact) mass is 334 g/mol. The summed E-state index contributed by atoms with van der Waals surface area (Å²) in [6.45, 7) is 7.62. The molecule has 0 saturated heterocycles. The molecule has 4 rings (SSSR count). The first kappa shape index (κ1) is 16.2. The molecule has 0 heterocycles. The highest BCUT2D eigenvalue weighted by Crippen LogP contribution is 2.77. The Labute approximate surface area is 148 Å². The standard InChI is InChI=1S/C22H28BP/c1-21(2)17-14-15-22(21,3)20(16-17)24(23,18-10-6-4-7-11-18)19-12-8-5-9-13-19/h4-13,16-17H,14-15H2,1-3,23H3/t17-,22+/m1/s1. The summed E-state index contributed by atoms with van der Waals surface area (Å²) in [4.78, 5) is 0. The van der Waals surface area contributed by atoms with Crippen LogP contribution in [0, 0.1) is 16.7 Å². The molecule has 0 amide bonds. The molecule has 24 heavy (non-hydrogen) atoms. The van der Waals surface area contributed by atoms with Crippen LogP contribution in [0.15, 0.2) is 72.1 Å². The van der Waals surface area contributed by atoms with E-state index in [1.807, 2.05) is 5.31 Å². The quantitative estimate of drug-likeness (QED) is 0.581. The van der Waals surface area contributed by atoms with Crippen molar-refractivity contribution in [2.24, 2.45) is 16.7 Å². The van der Waals surface area contributed by atoms with Crippen molar-refractivity contribution < 1.29 is 0 Å². The van der Waals surface area contributed by atoms with Crippen LogP contribution in [0.5, 0.6) is 0 Å². The van der Waals surface area contributed by atoms with Gasteiger partial charge >= 0.3 is 0 Å². The van der Waals surface area contributed by atoms with Crippen LogP contribution in [-0.4, -0.2) is 7.57 Å². The van der Waals surface area contributed by atoms with E-state index in [1.165, 1.54) is 12.8 Å². The van der Waals surface area contributed by atoms with Crippen LogP contribution in [0.2, 0.25) is 0 Å². The summed E-state index contributed by atoms with van der Waals surface area (Å²) in [5.74, 6) is 0.780. The molecule has 2 aliphatic rings. The minimum atomic E-state index is -1.30. The van der Waals surface area contributed by atoms with Gasteiger partial charge in [0.05, 0.1) is 10.6 Å². The van der Waals surface area contributed by atoms with Crippen LogP contribution in [-0.2, 0) is 0 Å². The Balaban J connectivity index is 1.95. The predicted octanol–water partition coefficient (Wildman–Crippen LogP) is 4.28. The Morgan fingerprint density at radius 1 is 0.875 bits per heavy atom. The third-order valence-corrected chi connectivity index (χ3v) is 9.25. The first-order valence-corrected chi connectivity index (χ1v) is 10.0. The first-order valence-electron chi connectivity index (χ1n) is 8.66. The van der Waals surface area contributed by atoms with Gasteiger partial charge < -0.3 is 0 Å². The molecule has 2 bridgehead atoms. The third kappa shape index (κ3) is 1.97. The highest BCUT2D eigenvalue weighted by molar-refractivity contribution is 8.11. The molecule has 0 aromatic heterocycles. The molecule has 2 aliphatic carbocycles. The predicted molar refractivity (Wildman–Crippen MR) is 112 cm³/mol. The van der Waals surface area contributed by atoms with Crippen LogP contribution in [0.25, 0.3) is 0 Å². The molecule has 0 nitrogen and oxygen atoms in total.